The molecule has 0 saturated heterocycles. The first-order valence-electron chi connectivity index (χ1n) is 17.5. The fourth-order valence-corrected chi connectivity index (χ4v) is 7.29. The van der Waals surface area contributed by atoms with Gasteiger partial charge in [0.2, 0.25) is 0 Å². The van der Waals surface area contributed by atoms with Crippen LogP contribution in [0.1, 0.15) is 63.1 Å². The second-order valence-corrected chi connectivity index (χ2v) is 13.7. The minimum Gasteiger partial charge on any atom is -0.351 e. The molecule has 0 amide bonds. The molecule has 1 aliphatic carbocycles. The van der Waals surface area contributed by atoms with E-state index in [1.807, 2.05) is 12.2 Å². The van der Waals surface area contributed by atoms with Crippen molar-refractivity contribution < 1.29 is 0 Å². The van der Waals surface area contributed by atoms with Crippen LogP contribution >= 0.6 is 0 Å². The van der Waals surface area contributed by atoms with Crippen LogP contribution in [0.3, 0.4) is 0 Å². The Labute approximate surface area is 297 Å². The zero-order valence-electron chi connectivity index (χ0n) is 30.8. The van der Waals surface area contributed by atoms with Crippen molar-refractivity contribution >= 4 is 5.69 Å². The van der Waals surface area contributed by atoms with Crippen molar-refractivity contribution in [2.24, 2.45) is 5.41 Å². The summed E-state index contributed by atoms with van der Waals surface area (Å²) in [6.45, 7) is 25.7. The molecule has 0 spiro atoms. The summed E-state index contributed by atoms with van der Waals surface area (Å²) in [5.74, 6) is 0. The Morgan fingerprint density at radius 1 is 0.898 bits per heavy atom. The van der Waals surface area contributed by atoms with E-state index in [0.717, 1.165) is 43.4 Å². The molecule has 2 atom stereocenters. The van der Waals surface area contributed by atoms with Crippen molar-refractivity contribution in [3.8, 4) is 0 Å². The highest BCUT2D eigenvalue weighted by atomic mass is 15.2. The maximum atomic E-state index is 4.56. The van der Waals surface area contributed by atoms with Gasteiger partial charge >= 0.3 is 0 Å². The first-order chi connectivity index (χ1) is 23.5. The van der Waals surface area contributed by atoms with Crippen molar-refractivity contribution in [1.82, 2.24) is 4.90 Å². The molecule has 0 N–H and O–H groups in total. The zero-order chi connectivity index (χ0) is 35.6. The van der Waals surface area contributed by atoms with Gasteiger partial charge in [0.25, 0.3) is 0 Å². The number of anilines is 1. The second-order valence-electron chi connectivity index (χ2n) is 13.7. The maximum absolute atomic E-state index is 4.56. The number of allylic oxidation sites excluding steroid dienone is 17. The Morgan fingerprint density at radius 3 is 2.35 bits per heavy atom. The van der Waals surface area contributed by atoms with E-state index >= 15 is 0 Å². The van der Waals surface area contributed by atoms with Crippen LogP contribution in [-0.2, 0) is 11.8 Å². The average molecular weight is 649 g/mol. The van der Waals surface area contributed by atoms with Gasteiger partial charge in [0.05, 0.1) is 0 Å². The highest BCUT2D eigenvalue weighted by Gasteiger charge is 2.45. The minimum absolute atomic E-state index is 0.0682. The standard InChI is InChI=1S/C27H31N.C20H25N/c1-6-7-14-26-22(3)28(5)23(4)27(26,19-24-12-10-8-9-11-13-24)20-25-17-15-21(2)16-18-25;1-6-7-8-9-12-16(2)15-20(4)17(3)21(5)19-14-11-10-13-18(19)20/h6-10,12-18H,1,4,11,19-20H2,2-3,5H3;7-14H,2-3,6,15H2,1,4-5H3/b14-7-;8-7-,12-9-. The van der Waals surface area contributed by atoms with Crippen molar-refractivity contribution in [1.29, 1.82) is 0 Å². The van der Waals surface area contributed by atoms with Gasteiger partial charge in [0.15, 0.2) is 0 Å². The molecule has 2 heteroatoms. The van der Waals surface area contributed by atoms with E-state index in [2.05, 4.69) is 187 Å². The number of nitrogens with zero attached hydrogens (tertiary/aromatic N) is 2. The van der Waals surface area contributed by atoms with Crippen molar-refractivity contribution in [3.05, 3.63) is 198 Å². The Hall–Kier alpha value is -4.82. The lowest BCUT2D eigenvalue weighted by molar-refractivity contribution is 0.380. The van der Waals surface area contributed by atoms with Gasteiger partial charge in [-0.1, -0.05) is 165 Å². The first kappa shape index (κ1) is 37.0. The van der Waals surface area contributed by atoms with Crippen molar-refractivity contribution in [2.75, 3.05) is 19.0 Å². The summed E-state index contributed by atoms with van der Waals surface area (Å²) in [5, 5.41) is 0. The van der Waals surface area contributed by atoms with Crippen LogP contribution in [0, 0.1) is 12.3 Å². The number of likely N-dealkylation sites (N-methyl/N-ethyl adjacent to an activating group) is 1. The molecule has 2 heterocycles. The van der Waals surface area contributed by atoms with E-state index < -0.39 is 0 Å². The summed E-state index contributed by atoms with van der Waals surface area (Å²) < 4.78 is 0. The molecule has 3 aliphatic rings. The molecule has 2 aliphatic heterocycles. The van der Waals surface area contributed by atoms with Crippen LogP contribution in [0.2, 0.25) is 0 Å². The molecule has 5 rings (SSSR count). The number of fused-ring (bicyclic) bond motifs is 1. The number of aryl methyl sites for hydroxylation is 1. The van der Waals surface area contributed by atoms with Crippen molar-refractivity contribution in [2.45, 2.75) is 65.2 Å². The summed E-state index contributed by atoms with van der Waals surface area (Å²) in [6, 6.07) is 17.5. The average Bonchev–Trinajstić information content (AvgIpc) is 3.28. The topological polar surface area (TPSA) is 6.48 Å². The molecule has 0 aromatic heterocycles. The van der Waals surface area contributed by atoms with Gasteiger partial charge in [-0.2, -0.15) is 0 Å². The molecular weight excluding hydrogens is 593 g/mol. The molecular formula is C47H56N2. The molecule has 0 bridgehead atoms. The van der Waals surface area contributed by atoms with Crippen LogP contribution in [0.25, 0.3) is 0 Å². The van der Waals surface area contributed by atoms with E-state index in [1.54, 1.807) is 0 Å². The minimum atomic E-state index is -0.159. The van der Waals surface area contributed by atoms with Crippen LogP contribution in [0.4, 0.5) is 5.69 Å². The third kappa shape index (κ3) is 8.26. The number of benzene rings is 2. The summed E-state index contributed by atoms with van der Waals surface area (Å²) in [6.07, 6.45) is 30.4. The number of para-hydroxylation sites is 1. The van der Waals surface area contributed by atoms with E-state index in [0.29, 0.717) is 0 Å². The van der Waals surface area contributed by atoms with Gasteiger partial charge < -0.3 is 9.80 Å². The van der Waals surface area contributed by atoms with E-state index in [9.17, 15) is 0 Å². The highest BCUT2D eigenvalue weighted by molar-refractivity contribution is 5.70. The fraction of sp³-hybridized carbons (Fsp3) is 0.277. The van der Waals surface area contributed by atoms with Crippen LogP contribution in [0.5, 0.6) is 0 Å². The zero-order valence-corrected chi connectivity index (χ0v) is 30.8. The molecule has 0 saturated carbocycles. The molecule has 254 valence electrons. The molecule has 2 aromatic rings. The van der Waals surface area contributed by atoms with Gasteiger partial charge in [-0.15, -0.1) is 0 Å². The summed E-state index contributed by atoms with van der Waals surface area (Å²) in [4.78, 5) is 4.46. The molecule has 2 unspecified atom stereocenters. The summed E-state index contributed by atoms with van der Waals surface area (Å²) in [7, 11) is 4.23. The third-order valence-electron chi connectivity index (χ3n) is 10.3. The monoisotopic (exact) mass is 648 g/mol. The van der Waals surface area contributed by atoms with Crippen molar-refractivity contribution in [3.63, 3.8) is 0 Å². The molecule has 0 fully saturated rings. The smallest absolute Gasteiger partial charge is 0.0448 e. The van der Waals surface area contributed by atoms with Gasteiger partial charge in [-0.05, 0) is 75.6 Å². The normalized spacial score (nSPS) is 21.9. The Kier molecular flexibility index (Phi) is 12.5. The quantitative estimate of drug-likeness (QED) is 0.224. The van der Waals surface area contributed by atoms with E-state index in [1.165, 1.54) is 44.9 Å². The van der Waals surface area contributed by atoms with Gasteiger partial charge in [0.1, 0.15) is 0 Å². The predicted octanol–water partition coefficient (Wildman–Crippen LogP) is 12.2. The van der Waals surface area contributed by atoms with E-state index in [-0.39, 0.29) is 10.8 Å². The third-order valence-corrected chi connectivity index (χ3v) is 10.3. The van der Waals surface area contributed by atoms with Crippen LogP contribution < -0.4 is 4.90 Å². The molecule has 49 heavy (non-hydrogen) atoms. The molecule has 2 aromatic carbocycles. The lowest BCUT2D eigenvalue weighted by Gasteiger charge is -2.35. The van der Waals surface area contributed by atoms with Gasteiger partial charge in [0, 0.05) is 47.7 Å². The Balaban J connectivity index is 0.000000230. The Bertz CT molecular complexity index is 1770. The predicted molar refractivity (Wildman–Crippen MR) is 216 cm³/mol. The summed E-state index contributed by atoms with van der Waals surface area (Å²) >= 11 is 0. The molecule has 0 radical (unpaired) electrons. The highest BCUT2D eigenvalue weighted by Crippen LogP contribution is 2.53. The lowest BCUT2D eigenvalue weighted by atomic mass is 9.69. The number of hydrogen-bond donors (Lipinski definition) is 0. The number of rotatable bonds is 11. The molecule has 2 nitrogen and oxygen atoms in total. The number of hydrogen-bond acceptors (Lipinski definition) is 2. The maximum Gasteiger partial charge on any atom is 0.0448 e. The first-order valence-corrected chi connectivity index (χ1v) is 17.5. The SMILES string of the molecule is C=C(/C=C\C=C/CC)CC1(C)C(=C)N(C)c2ccccc21.C=C/C=C\C1=C(C)N(C)C(=C)C1(CC1=CCC=CC=C1)Cc1ccc(C)cc1. The fourth-order valence-electron chi connectivity index (χ4n) is 7.29. The van der Waals surface area contributed by atoms with Gasteiger partial charge in [-0.3, -0.25) is 0 Å². The second kappa shape index (κ2) is 16.5. The Morgan fingerprint density at radius 2 is 1.63 bits per heavy atom. The van der Waals surface area contributed by atoms with E-state index in [4.69, 9.17) is 0 Å². The lowest BCUT2D eigenvalue weighted by Crippen LogP contribution is -2.29. The van der Waals surface area contributed by atoms with Crippen LogP contribution in [-0.4, -0.2) is 19.0 Å². The van der Waals surface area contributed by atoms with Gasteiger partial charge in [-0.25, -0.2) is 0 Å². The van der Waals surface area contributed by atoms with Crippen LogP contribution in [0.15, 0.2) is 182 Å². The summed E-state index contributed by atoms with van der Waals surface area (Å²) in [5.41, 5.74) is 12.4. The largest absolute Gasteiger partial charge is 0.351 e.